The Morgan fingerprint density at radius 1 is 1.57 bits per heavy atom. The highest BCUT2D eigenvalue weighted by Gasteiger charge is 2.33. The maximum atomic E-state index is 11.6. The van der Waals surface area contributed by atoms with Crippen LogP contribution in [0.25, 0.3) is 0 Å². The molecule has 0 unspecified atom stereocenters. The van der Waals surface area contributed by atoms with E-state index in [1.54, 1.807) is 23.9 Å². The summed E-state index contributed by atoms with van der Waals surface area (Å²) >= 11 is 16.4. The van der Waals surface area contributed by atoms with Crippen LogP contribution >= 0.6 is 34.8 Å². The Hall–Kier alpha value is -0.220. The molecule has 0 amide bonds. The topological polar surface area (TPSA) is 48.0 Å². The van der Waals surface area contributed by atoms with Crippen molar-refractivity contribution in [3.05, 3.63) is 23.5 Å². The minimum Gasteiger partial charge on any atom is -0.348 e. The fourth-order valence-corrected chi connectivity index (χ4v) is 1.41. The Morgan fingerprint density at radius 2 is 2.14 bits per heavy atom. The molecule has 0 saturated carbocycles. The van der Waals surface area contributed by atoms with Crippen LogP contribution in [0, 0.1) is 0 Å². The Balaban J connectivity index is 3.07. The molecule has 0 aliphatic carbocycles. The van der Waals surface area contributed by atoms with Gasteiger partial charge in [-0.2, -0.15) is 0 Å². The van der Waals surface area contributed by atoms with Crippen LogP contribution in [0.15, 0.2) is 12.3 Å². The van der Waals surface area contributed by atoms with Gasteiger partial charge in [-0.3, -0.25) is 4.79 Å². The molecule has 1 rings (SSSR count). The van der Waals surface area contributed by atoms with Gasteiger partial charge in [0.2, 0.25) is 5.78 Å². The van der Waals surface area contributed by atoms with Crippen LogP contribution in [0.5, 0.6) is 0 Å². The molecule has 3 nitrogen and oxygen atoms in total. The summed E-state index contributed by atoms with van der Waals surface area (Å²) < 4.78 is -0.329. The lowest BCUT2D eigenvalue weighted by atomic mass is 10.2. The van der Waals surface area contributed by atoms with E-state index in [4.69, 9.17) is 40.5 Å². The molecule has 1 aromatic rings. The summed E-state index contributed by atoms with van der Waals surface area (Å²) in [4.78, 5) is 11.6. The average Bonchev–Trinajstić information content (AvgIpc) is 2.43. The third kappa shape index (κ3) is 2.42. The summed E-state index contributed by atoms with van der Waals surface area (Å²) in [5.41, 5.74) is 6.58. The number of carbonyl (C=O) groups excluding carboxylic acids is 1. The number of nitrogens with zero attached hydrogens (tertiary/aromatic N) is 1. The van der Waals surface area contributed by atoms with Crippen molar-refractivity contribution in [2.45, 2.75) is 10.3 Å². The van der Waals surface area contributed by atoms with E-state index in [-0.39, 0.29) is 0 Å². The molecular formula is C8H9Cl3N2O. The number of hydrogen-bond donors (Lipinski definition) is 1. The first kappa shape index (κ1) is 11.9. The number of aromatic nitrogens is 1. The van der Waals surface area contributed by atoms with Crippen LogP contribution in [0.4, 0.5) is 0 Å². The lowest BCUT2D eigenvalue weighted by molar-refractivity contribution is 0.0988. The molecule has 1 heterocycles. The van der Waals surface area contributed by atoms with Crippen molar-refractivity contribution in [3.63, 3.8) is 0 Å². The largest absolute Gasteiger partial charge is 0.348 e. The molecule has 0 bridgehead atoms. The van der Waals surface area contributed by atoms with Crippen molar-refractivity contribution < 1.29 is 4.79 Å². The van der Waals surface area contributed by atoms with Gasteiger partial charge < -0.3 is 10.3 Å². The predicted molar refractivity (Wildman–Crippen MR) is 57.9 cm³/mol. The quantitative estimate of drug-likeness (QED) is 0.649. The molecule has 0 aliphatic rings. The normalized spacial score (nSPS) is 11.8. The number of alkyl halides is 3. The summed E-state index contributed by atoms with van der Waals surface area (Å²) in [6.45, 7) is 0.348. The number of nitrogens with two attached hydrogens (primary N) is 1. The van der Waals surface area contributed by atoms with Gasteiger partial charge in [0.05, 0.1) is 5.69 Å². The maximum absolute atomic E-state index is 11.6. The van der Waals surface area contributed by atoms with Crippen LogP contribution in [-0.4, -0.2) is 14.1 Å². The van der Waals surface area contributed by atoms with E-state index in [0.717, 1.165) is 5.56 Å². The van der Waals surface area contributed by atoms with Crippen LogP contribution in [0.3, 0.4) is 0 Å². The molecule has 0 saturated heterocycles. The van der Waals surface area contributed by atoms with Gasteiger partial charge in [-0.25, -0.2) is 0 Å². The number of halogens is 3. The number of aryl methyl sites for hydroxylation is 1. The van der Waals surface area contributed by atoms with Gasteiger partial charge in [-0.1, -0.05) is 34.8 Å². The van der Waals surface area contributed by atoms with E-state index in [0.29, 0.717) is 12.2 Å². The first-order chi connectivity index (χ1) is 6.36. The van der Waals surface area contributed by atoms with Crippen LogP contribution in [-0.2, 0) is 13.6 Å². The first-order valence-corrected chi connectivity index (χ1v) is 4.96. The summed E-state index contributed by atoms with van der Waals surface area (Å²) in [6.07, 6.45) is 1.73. The molecule has 6 heteroatoms. The standard InChI is InChI=1S/C8H9Cl3N2O/c1-13-4-5(3-12)2-6(13)7(14)8(9,10)11/h2,4H,3,12H2,1H3. The molecule has 14 heavy (non-hydrogen) atoms. The fourth-order valence-electron chi connectivity index (χ4n) is 1.12. The fraction of sp³-hybridized carbons (Fsp3) is 0.375. The zero-order valence-electron chi connectivity index (χ0n) is 7.43. The van der Waals surface area contributed by atoms with E-state index >= 15 is 0 Å². The van der Waals surface area contributed by atoms with Crippen molar-refractivity contribution in [2.75, 3.05) is 0 Å². The van der Waals surface area contributed by atoms with E-state index < -0.39 is 9.58 Å². The van der Waals surface area contributed by atoms with Gasteiger partial charge in [0, 0.05) is 19.8 Å². The molecule has 78 valence electrons. The minimum absolute atomic E-state index is 0.338. The lowest BCUT2D eigenvalue weighted by Crippen LogP contribution is -2.21. The second-order valence-corrected chi connectivity index (χ2v) is 5.16. The van der Waals surface area contributed by atoms with Crippen LogP contribution < -0.4 is 5.73 Å². The Kier molecular flexibility index (Phi) is 3.48. The molecule has 0 atom stereocenters. The second-order valence-electron chi connectivity index (χ2n) is 2.88. The smallest absolute Gasteiger partial charge is 0.255 e. The monoisotopic (exact) mass is 254 g/mol. The summed E-state index contributed by atoms with van der Waals surface area (Å²) in [7, 11) is 1.70. The maximum Gasteiger partial charge on any atom is 0.255 e. The summed E-state index contributed by atoms with van der Waals surface area (Å²) in [6, 6.07) is 1.62. The molecule has 0 radical (unpaired) electrons. The summed E-state index contributed by atoms with van der Waals surface area (Å²) in [5.74, 6) is -0.551. The van der Waals surface area contributed by atoms with E-state index in [1.807, 2.05) is 0 Å². The number of Topliss-reactive ketones (excluding diaryl/α,β-unsaturated/α-hetero) is 1. The number of ketones is 1. The molecular weight excluding hydrogens is 246 g/mol. The predicted octanol–water partition coefficient (Wildman–Crippen LogP) is 2.04. The van der Waals surface area contributed by atoms with Gasteiger partial charge in [0.15, 0.2) is 0 Å². The van der Waals surface area contributed by atoms with Gasteiger partial charge in [-0.05, 0) is 11.6 Å². The van der Waals surface area contributed by atoms with Crippen molar-refractivity contribution in [1.82, 2.24) is 4.57 Å². The van der Waals surface area contributed by atoms with E-state index in [1.165, 1.54) is 0 Å². The number of carbonyl (C=O) groups is 1. The van der Waals surface area contributed by atoms with Crippen molar-refractivity contribution >= 4 is 40.6 Å². The van der Waals surface area contributed by atoms with Crippen molar-refractivity contribution in [1.29, 1.82) is 0 Å². The van der Waals surface area contributed by atoms with Crippen molar-refractivity contribution in [3.8, 4) is 0 Å². The molecule has 1 aromatic heterocycles. The molecule has 0 fully saturated rings. The van der Waals surface area contributed by atoms with E-state index in [9.17, 15) is 4.79 Å². The minimum atomic E-state index is -1.92. The lowest BCUT2D eigenvalue weighted by Gasteiger charge is -2.09. The summed E-state index contributed by atoms with van der Waals surface area (Å²) in [5, 5.41) is 0. The Morgan fingerprint density at radius 3 is 2.50 bits per heavy atom. The SMILES string of the molecule is Cn1cc(CN)cc1C(=O)C(Cl)(Cl)Cl. The Bertz CT molecular complexity index is 354. The van der Waals surface area contributed by atoms with Crippen LogP contribution in [0.1, 0.15) is 16.1 Å². The van der Waals surface area contributed by atoms with Gasteiger partial charge >= 0.3 is 0 Å². The number of rotatable bonds is 2. The zero-order valence-corrected chi connectivity index (χ0v) is 9.70. The van der Waals surface area contributed by atoms with Crippen LogP contribution in [0.2, 0.25) is 0 Å². The first-order valence-electron chi connectivity index (χ1n) is 3.83. The highest BCUT2D eigenvalue weighted by molar-refractivity contribution is 6.77. The number of hydrogen-bond acceptors (Lipinski definition) is 2. The molecule has 0 aromatic carbocycles. The van der Waals surface area contributed by atoms with Gasteiger partial charge in [0.1, 0.15) is 0 Å². The third-order valence-electron chi connectivity index (χ3n) is 1.79. The highest BCUT2D eigenvalue weighted by atomic mass is 35.6. The zero-order chi connectivity index (χ0) is 10.9. The second kappa shape index (κ2) is 4.11. The highest BCUT2D eigenvalue weighted by Crippen LogP contribution is 2.30. The average molecular weight is 256 g/mol. The molecule has 0 aliphatic heterocycles. The van der Waals surface area contributed by atoms with Gasteiger partial charge in [-0.15, -0.1) is 0 Å². The Labute approximate surface area is 96.7 Å². The van der Waals surface area contributed by atoms with E-state index in [2.05, 4.69) is 0 Å². The van der Waals surface area contributed by atoms with Crippen molar-refractivity contribution in [2.24, 2.45) is 12.8 Å². The van der Waals surface area contributed by atoms with Gasteiger partial charge in [0.25, 0.3) is 3.79 Å². The third-order valence-corrected chi connectivity index (χ3v) is 2.30. The molecule has 2 N–H and O–H groups in total. The molecule has 0 spiro atoms.